The molecule has 138 valence electrons. The molecule has 0 bridgehead atoms. The molecule has 1 atom stereocenters. The van der Waals surface area contributed by atoms with Gasteiger partial charge in [0.2, 0.25) is 5.91 Å². The quantitative estimate of drug-likeness (QED) is 0.837. The number of hydrogen-bond acceptors (Lipinski definition) is 3. The normalized spacial score (nSPS) is 11.6. The number of ether oxygens (including phenoxy) is 1. The highest BCUT2D eigenvalue weighted by Crippen LogP contribution is 2.25. The van der Waals surface area contributed by atoms with Crippen molar-refractivity contribution in [1.82, 2.24) is 10.6 Å². The Morgan fingerprint density at radius 3 is 2.42 bits per heavy atom. The maximum Gasteiger partial charge on any atom is 0.251 e. The lowest BCUT2D eigenvalue weighted by Crippen LogP contribution is -2.38. The van der Waals surface area contributed by atoms with Crippen molar-refractivity contribution in [3.8, 4) is 5.75 Å². The van der Waals surface area contributed by atoms with Crippen LogP contribution in [0.15, 0.2) is 36.4 Å². The van der Waals surface area contributed by atoms with Gasteiger partial charge in [0.25, 0.3) is 5.91 Å². The number of hydrogen-bond donors (Lipinski definition) is 2. The summed E-state index contributed by atoms with van der Waals surface area (Å²) < 4.78 is 5.36. The maximum absolute atomic E-state index is 12.2. The van der Waals surface area contributed by atoms with Crippen molar-refractivity contribution in [2.45, 2.75) is 33.7 Å². The molecule has 0 spiro atoms. The van der Waals surface area contributed by atoms with Gasteiger partial charge in [-0.1, -0.05) is 23.8 Å². The molecule has 5 nitrogen and oxygen atoms in total. The fraction of sp³-hybridized carbons (Fsp3) is 0.333. The summed E-state index contributed by atoms with van der Waals surface area (Å²) >= 11 is 0. The third-order valence-corrected chi connectivity index (χ3v) is 4.41. The first-order valence-electron chi connectivity index (χ1n) is 8.61. The molecule has 2 rings (SSSR count). The molecule has 2 aromatic rings. The minimum Gasteiger partial charge on any atom is -0.496 e. The minimum atomic E-state index is -0.260. The van der Waals surface area contributed by atoms with Crippen LogP contribution in [-0.4, -0.2) is 25.5 Å². The van der Waals surface area contributed by atoms with Crippen molar-refractivity contribution >= 4 is 11.8 Å². The topological polar surface area (TPSA) is 67.4 Å². The molecule has 0 aromatic heterocycles. The second-order valence-corrected chi connectivity index (χ2v) is 6.52. The van der Waals surface area contributed by atoms with Crippen LogP contribution in [0.3, 0.4) is 0 Å². The van der Waals surface area contributed by atoms with Crippen molar-refractivity contribution in [3.63, 3.8) is 0 Å². The molecule has 0 fully saturated rings. The first-order valence-corrected chi connectivity index (χ1v) is 8.61. The summed E-state index contributed by atoms with van der Waals surface area (Å²) in [6.45, 7) is 7.74. The Kier molecular flexibility index (Phi) is 6.39. The van der Waals surface area contributed by atoms with Gasteiger partial charge in [0, 0.05) is 11.1 Å². The van der Waals surface area contributed by atoms with Gasteiger partial charge < -0.3 is 15.4 Å². The van der Waals surface area contributed by atoms with E-state index in [1.165, 1.54) is 0 Å². The Hall–Kier alpha value is -2.82. The molecule has 0 aliphatic carbocycles. The molecule has 0 aliphatic heterocycles. The molecule has 0 aliphatic rings. The molecular weight excluding hydrogens is 328 g/mol. The van der Waals surface area contributed by atoms with E-state index in [4.69, 9.17) is 4.74 Å². The largest absolute Gasteiger partial charge is 0.496 e. The number of amides is 2. The van der Waals surface area contributed by atoms with E-state index in [1.54, 1.807) is 13.2 Å². The van der Waals surface area contributed by atoms with Gasteiger partial charge in [-0.05, 0) is 57.0 Å². The van der Waals surface area contributed by atoms with Crippen molar-refractivity contribution in [2.75, 3.05) is 13.7 Å². The lowest BCUT2D eigenvalue weighted by atomic mass is 10.0. The van der Waals surface area contributed by atoms with Crippen LogP contribution >= 0.6 is 0 Å². The van der Waals surface area contributed by atoms with Crippen LogP contribution in [0.2, 0.25) is 0 Å². The average molecular weight is 354 g/mol. The summed E-state index contributed by atoms with van der Waals surface area (Å²) in [7, 11) is 1.60. The molecule has 2 aromatic carbocycles. The highest BCUT2D eigenvalue weighted by atomic mass is 16.5. The molecule has 0 heterocycles. The van der Waals surface area contributed by atoms with Gasteiger partial charge >= 0.3 is 0 Å². The summed E-state index contributed by atoms with van der Waals surface area (Å²) in [5.74, 6) is 0.213. The molecule has 2 amide bonds. The summed E-state index contributed by atoms with van der Waals surface area (Å²) in [6, 6.07) is 11.1. The van der Waals surface area contributed by atoms with E-state index in [9.17, 15) is 9.59 Å². The summed E-state index contributed by atoms with van der Waals surface area (Å²) in [6.07, 6.45) is 0. The first kappa shape index (κ1) is 19.5. The van der Waals surface area contributed by atoms with Crippen LogP contribution in [0.4, 0.5) is 0 Å². The second-order valence-electron chi connectivity index (χ2n) is 6.52. The fourth-order valence-corrected chi connectivity index (χ4v) is 2.71. The van der Waals surface area contributed by atoms with E-state index in [0.717, 1.165) is 28.0 Å². The van der Waals surface area contributed by atoms with Crippen molar-refractivity contribution in [3.05, 3.63) is 64.2 Å². The monoisotopic (exact) mass is 354 g/mol. The van der Waals surface area contributed by atoms with Gasteiger partial charge in [0.05, 0.1) is 19.7 Å². The van der Waals surface area contributed by atoms with Crippen molar-refractivity contribution < 1.29 is 14.3 Å². The number of aryl methyl sites for hydroxylation is 3. The fourth-order valence-electron chi connectivity index (χ4n) is 2.71. The van der Waals surface area contributed by atoms with E-state index in [0.29, 0.717) is 5.56 Å². The average Bonchev–Trinajstić information content (AvgIpc) is 2.61. The second kappa shape index (κ2) is 8.52. The lowest BCUT2D eigenvalue weighted by Gasteiger charge is -2.18. The summed E-state index contributed by atoms with van der Waals surface area (Å²) in [5, 5.41) is 5.55. The zero-order valence-electron chi connectivity index (χ0n) is 16.0. The standard InChI is InChI=1S/C21H26N2O3/c1-13-6-9-19(26-5)18(10-13)16(4)23-20(24)12-22-21(25)17-8-7-14(2)15(3)11-17/h6-11,16H,12H2,1-5H3,(H,22,25)(H,23,24)/t16-/m0/s1. The van der Waals surface area contributed by atoms with Crippen LogP contribution in [0.1, 0.15) is 45.6 Å². The summed E-state index contributed by atoms with van der Waals surface area (Å²) in [5.41, 5.74) is 4.71. The van der Waals surface area contributed by atoms with Crippen LogP contribution < -0.4 is 15.4 Å². The number of methoxy groups -OCH3 is 1. The van der Waals surface area contributed by atoms with E-state index in [2.05, 4.69) is 10.6 Å². The van der Waals surface area contributed by atoms with E-state index in [-0.39, 0.29) is 24.4 Å². The number of carbonyl (C=O) groups is 2. The SMILES string of the molecule is COc1ccc(C)cc1[C@H](C)NC(=O)CNC(=O)c1ccc(C)c(C)c1. The Balaban J connectivity index is 1.95. The minimum absolute atomic E-state index is 0.0791. The number of rotatable bonds is 6. The third-order valence-electron chi connectivity index (χ3n) is 4.41. The van der Waals surface area contributed by atoms with Crippen LogP contribution in [-0.2, 0) is 4.79 Å². The molecule has 5 heteroatoms. The molecule has 0 saturated carbocycles. The molecule has 0 radical (unpaired) electrons. The highest BCUT2D eigenvalue weighted by molar-refractivity contribution is 5.96. The Labute approximate surface area is 154 Å². The number of carbonyl (C=O) groups excluding carboxylic acids is 2. The summed E-state index contributed by atoms with van der Waals surface area (Å²) in [4.78, 5) is 24.4. The van der Waals surface area contributed by atoms with E-state index in [1.807, 2.05) is 58.0 Å². The molecular formula is C21H26N2O3. The zero-order valence-corrected chi connectivity index (χ0v) is 16.0. The van der Waals surface area contributed by atoms with Gasteiger partial charge in [-0.2, -0.15) is 0 Å². The van der Waals surface area contributed by atoms with Gasteiger partial charge in [-0.3, -0.25) is 9.59 Å². The molecule has 26 heavy (non-hydrogen) atoms. The van der Waals surface area contributed by atoms with Gasteiger partial charge in [0.1, 0.15) is 5.75 Å². The Morgan fingerprint density at radius 1 is 1.04 bits per heavy atom. The van der Waals surface area contributed by atoms with Crippen LogP contribution in [0, 0.1) is 20.8 Å². The Morgan fingerprint density at radius 2 is 1.77 bits per heavy atom. The predicted molar refractivity (Wildman–Crippen MR) is 103 cm³/mol. The predicted octanol–water partition coefficient (Wildman–Crippen LogP) is 3.23. The van der Waals surface area contributed by atoms with Gasteiger partial charge in [-0.15, -0.1) is 0 Å². The zero-order chi connectivity index (χ0) is 19.3. The van der Waals surface area contributed by atoms with E-state index < -0.39 is 0 Å². The smallest absolute Gasteiger partial charge is 0.251 e. The number of nitrogens with one attached hydrogen (secondary N) is 2. The first-order chi connectivity index (χ1) is 12.3. The van der Waals surface area contributed by atoms with Crippen molar-refractivity contribution in [2.24, 2.45) is 0 Å². The molecule has 0 unspecified atom stereocenters. The van der Waals surface area contributed by atoms with Crippen molar-refractivity contribution in [1.29, 1.82) is 0 Å². The molecule has 2 N–H and O–H groups in total. The Bertz CT molecular complexity index is 815. The highest BCUT2D eigenvalue weighted by Gasteiger charge is 2.15. The maximum atomic E-state index is 12.2. The van der Waals surface area contributed by atoms with Crippen LogP contribution in [0.5, 0.6) is 5.75 Å². The number of benzene rings is 2. The molecule has 0 saturated heterocycles. The third kappa shape index (κ3) is 4.85. The lowest BCUT2D eigenvalue weighted by molar-refractivity contribution is -0.120. The van der Waals surface area contributed by atoms with E-state index >= 15 is 0 Å². The van der Waals surface area contributed by atoms with Crippen LogP contribution in [0.25, 0.3) is 0 Å². The van der Waals surface area contributed by atoms with Gasteiger partial charge in [-0.25, -0.2) is 0 Å². The van der Waals surface area contributed by atoms with Gasteiger partial charge in [0.15, 0.2) is 0 Å².